The van der Waals surface area contributed by atoms with E-state index in [0.717, 1.165) is 19.4 Å². The third-order valence-corrected chi connectivity index (χ3v) is 1.38. The third kappa shape index (κ3) is 1.07. The van der Waals surface area contributed by atoms with Crippen LogP contribution in [-0.2, 0) is 9.53 Å². The van der Waals surface area contributed by atoms with Gasteiger partial charge in [-0.25, -0.2) is 0 Å². The Labute approximate surface area is 48.8 Å². The molecule has 0 radical (unpaired) electrons. The average molecular weight is 114 g/mol. The summed E-state index contributed by atoms with van der Waals surface area (Å²) in [6.45, 7) is 2.35. The average Bonchev–Trinajstić information content (AvgIpc) is 2.12. The van der Waals surface area contributed by atoms with Crippen LogP contribution in [0, 0.1) is 0 Å². The Morgan fingerprint density at radius 3 is 2.75 bits per heavy atom. The van der Waals surface area contributed by atoms with Crippen LogP contribution in [0.5, 0.6) is 0 Å². The van der Waals surface area contributed by atoms with Crippen LogP contribution in [0.2, 0.25) is 0 Å². The van der Waals surface area contributed by atoms with Gasteiger partial charge in [-0.3, -0.25) is 4.79 Å². The molecular formula is C6H10O2. The molecule has 0 unspecified atom stereocenters. The fraction of sp³-hybridized carbons (Fsp3) is 0.833. The molecule has 2 heteroatoms. The van der Waals surface area contributed by atoms with Gasteiger partial charge >= 0.3 is 0 Å². The summed E-state index contributed by atoms with van der Waals surface area (Å²) in [5.41, 5.74) is 0. The van der Waals surface area contributed by atoms with Crippen molar-refractivity contribution in [3.63, 3.8) is 0 Å². The Balaban J connectivity index is 2.35. The summed E-state index contributed by atoms with van der Waals surface area (Å²) in [5, 5.41) is 0. The van der Waals surface area contributed by atoms with Crippen molar-refractivity contribution < 1.29 is 9.53 Å². The summed E-state index contributed by atoms with van der Waals surface area (Å²) < 4.78 is 5.06. The van der Waals surface area contributed by atoms with Gasteiger partial charge in [0.05, 0.1) is 0 Å². The largest absolute Gasteiger partial charge is 0.370 e. The first-order valence-corrected chi connectivity index (χ1v) is 2.93. The van der Waals surface area contributed by atoms with Gasteiger partial charge in [-0.1, -0.05) is 0 Å². The number of hydrogen-bond donors (Lipinski definition) is 0. The zero-order chi connectivity index (χ0) is 5.98. The maximum atomic E-state index is 10.5. The second kappa shape index (κ2) is 2.27. The molecule has 0 bridgehead atoms. The van der Waals surface area contributed by atoms with Crippen molar-refractivity contribution in [2.24, 2.45) is 0 Å². The van der Waals surface area contributed by atoms with Crippen LogP contribution in [0.1, 0.15) is 19.8 Å². The van der Waals surface area contributed by atoms with Gasteiger partial charge in [0.15, 0.2) is 5.78 Å². The van der Waals surface area contributed by atoms with E-state index in [9.17, 15) is 4.79 Å². The van der Waals surface area contributed by atoms with Gasteiger partial charge in [0.2, 0.25) is 0 Å². The zero-order valence-corrected chi connectivity index (χ0v) is 5.02. The fourth-order valence-corrected chi connectivity index (χ4v) is 0.898. The molecule has 0 amide bonds. The maximum absolute atomic E-state index is 10.5. The molecule has 0 N–H and O–H groups in total. The van der Waals surface area contributed by atoms with E-state index in [1.165, 1.54) is 0 Å². The first-order chi connectivity index (χ1) is 3.80. The van der Waals surface area contributed by atoms with Gasteiger partial charge in [-0.05, 0) is 19.8 Å². The van der Waals surface area contributed by atoms with Crippen molar-refractivity contribution in [2.75, 3.05) is 6.61 Å². The highest BCUT2D eigenvalue weighted by molar-refractivity contribution is 5.80. The molecule has 1 fully saturated rings. The number of Topliss-reactive ketones (excluding diaryl/α,β-unsaturated/α-hetero) is 1. The normalized spacial score (nSPS) is 28.4. The lowest BCUT2D eigenvalue weighted by Crippen LogP contribution is -2.14. The van der Waals surface area contributed by atoms with Gasteiger partial charge in [0, 0.05) is 6.61 Å². The van der Waals surface area contributed by atoms with Gasteiger partial charge in [0.25, 0.3) is 0 Å². The summed E-state index contributed by atoms with van der Waals surface area (Å²) in [6.07, 6.45) is 1.90. The van der Waals surface area contributed by atoms with Crippen LogP contribution in [0.15, 0.2) is 0 Å². The number of ether oxygens (including phenoxy) is 1. The highest BCUT2D eigenvalue weighted by Gasteiger charge is 2.18. The van der Waals surface area contributed by atoms with E-state index in [1.54, 1.807) is 6.92 Å². The Kier molecular flexibility index (Phi) is 1.63. The number of ketones is 1. The second-order valence-electron chi connectivity index (χ2n) is 2.11. The number of rotatable bonds is 1. The van der Waals surface area contributed by atoms with Crippen LogP contribution in [0.4, 0.5) is 0 Å². The van der Waals surface area contributed by atoms with E-state index < -0.39 is 0 Å². The van der Waals surface area contributed by atoms with Crippen LogP contribution >= 0.6 is 0 Å². The SMILES string of the molecule is CC(=O)[C@@H]1CCCO1. The molecule has 1 aliphatic heterocycles. The predicted molar refractivity (Wildman–Crippen MR) is 29.7 cm³/mol. The van der Waals surface area contributed by atoms with E-state index >= 15 is 0 Å². The van der Waals surface area contributed by atoms with E-state index in [4.69, 9.17) is 4.74 Å². The predicted octanol–water partition coefficient (Wildman–Crippen LogP) is 0.754. The van der Waals surface area contributed by atoms with E-state index in [1.807, 2.05) is 0 Å². The van der Waals surface area contributed by atoms with Crippen LogP contribution in [0.3, 0.4) is 0 Å². The monoisotopic (exact) mass is 114 g/mol. The molecule has 0 spiro atoms. The molecule has 0 aliphatic carbocycles. The smallest absolute Gasteiger partial charge is 0.158 e. The van der Waals surface area contributed by atoms with Crippen LogP contribution in [-0.4, -0.2) is 18.5 Å². The molecule has 0 aromatic heterocycles. The topological polar surface area (TPSA) is 26.3 Å². The van der Waals surface area contributed by atoms with Crippen molar-refractivity contribution in [1.82, 2.24) is 0 Å². The lowest BCUT2D eigenvalue weighted by atomic mass is 10.2. The highest BCUT2D eigenvalue weighted by atomic mass is 16.5. The Bertz CT molecular complexity index is 92.7. The molecule has 1 heterocycles. The Morgan fingerprint density at radius 2 is 2.50 bits per heavy atom. The summed E-state index contributed by atoms with van der Waals surface area (Å²) in [4.78, 5) is 10.5. The quantitative estimate of drug-likeness (QED) is 0.503. The first-order valence-electron chi connectivity index (χ1n) is 2.93. The second-order valence-corrected chi connectivity index (χ2v) is 2.11. The molecule has 0 saturated carbocycles. The Hall–Kier alpha value is -0.370. The molecular weight excluding hydrogens is 104 g/mol. The minimum Gasteiger partial charge on any atom is -0.370 e. The summed E-state index contributed by atoms with van der Waals surface area (Å²) in [5.74, 6) is 0.169. The molecule has 1 saturated heterocycles. The Morgan fingerprint density at radius 1 is 1.75 bits per heavy atom. The van der Waals surface area contributed by atoms with Gasteiger partial charge in [-0.15, -0.1) is 0 Å². The van der Waals surface area contributed by atoms with E-state index in [0.29, 0.717) is 0 Å². The number of carbonyl (C=O) groups excluding carboxylic acids is 1. The molecule has 46 valence electrons. The third-order valence-electron chi connectivity index (χ3n) is 1.38. The number of hydrogen-bond acceptors (Lipinski definition) is 2. The van der Waals surface area contributed by atoms with Crippen molar-refractivity contribution >= 4 is 5.78 Å². The molecule has 8 heavy (non-hydrogen) atoms. The molecule has 0 aromatic carbocycles. The van der Waals surface area contributed by atoms with Crippen molar-refractivity contribution in [3.05, 3.63) is 0 Å². The van der Waals surface area contributed by atoms with Gasteiger partial charge in [-0.2, -0.15) is 0 Å². The summed E-state index contributed by atoms with van der Waals surface area (Å²) in [6, 6.07) is 0. The van der Waals surface area contributed by atoms with Crippen LogP contribution in [0.25, 0.3) is 0 Å². The zero-order valence-electron chi connectivity index (χ0n) is 5.02. The van der Waals surface area contributed by atoms with E-state index in [2.05, 4.69) is 0 Å². The van der Waals surface area contributed by atoms with Crippen molar-refractivity contribution in [2.45, 2.75) is 25.9 Å². The first kappa shape index (κ1) is 5.76. The lowest BCUT2D eigenvalue weighted by molar-refractivity contribution is -0.125. The minimum absolute atomic E-state index is 0.0741. The highest BCUT2D eigenvalue weighted by Crippen LogP contribution is 2.11. The van der Waals surface area contributed by atoms with Crippen LogP contribution < -0.4 is 0 Å². The molecule has 1 aliphatic rings. The minimum atomic E-state index is -0.0741. The van der Waals surface area contributed by atoms with Gasteiger partial charge < -0.3 is 4.74 Å². The molecule has 2 nitrogen and oxygen atoms in total. The summed E-state index contributed by atoms with van der Waals surface area (Å²) in [7, 11) is 0. The van der Waals surface area contributed by atoms with Crippen molar-refractivity contribution in [1.29, 1.82) is 0 Å². The molecule has 1 atom stereocenters. The van der Waals surface area contributed by atoms with Gasteiger partial charge in [0.1, 0.15) is 6.10 Å². The van der Waals surface area contributed by atoms with Crippen molar-refractivity contribution in [3.8, 4) is 0 Å². The fourth-order valence-electron chi connectivity index (χ4n) is 0.898. The lowest BCUT2D eigenvalue weighted by Gasteiger charge is -2.00. The molecule has 1 rings (SSSR count). The summed E-state index contributed by atoms with van der Waals surface area (Å²) >= 11 is 0. The standard InChI is InChI=1S/C6H10O2/c1-5(7)6-3-2-4-8-6/h6H,2-4H2,1H3/t6-/m0/s1. The number of carbonyl (C=O) groups is 1. The molecule has 0 aromatic rings. The van der Waals surface area contributed by atoms with E-state index in [-0.39, 0.29) is 11.9 Å². The maximum Gasteiger partial charge on any atom is 0.158 e.